The topological polar surface area (TPSA) is 42.1 Å². The molecule has 1 fully saturated rings. The molecule has 1 N–H and O–H groups in total. The maximum Gasteiger partial charge on any atom is 0.309 e. The molecule has 0 saturated carbocycles. The molecule has 1 aromatic carbocycles. The molecule has 0 radical (unpaired) electrons. The molecule has 0 aliphatic carbocycles. The van der Waals surface area contributed by atoms with E-state index in [4.69, 9.17) is 4.74 Å². The minimum atomic E-state index is -0.0489. The van der Waals surface area contributed by atoms with Crippen molar-refractivity contribution in [2.45, 2.75) is 32.8 Å². The van der Waals surface area contributed by atoms with Crippen molar-refractivity contribution in [2.24, 2.45) is 5.92 Å². The Morgan fingerprint density at radius 2 is 2.17 bits per heavy atom. The number of aryl methyl sites for hydroxylation is 1. The highest BCUT2D eigenvalue weighted by Gasteiger charge is 2.32. The number of fused-ring (bicyclic) bond motifs is 1. The van der Waals surface area contributed by atoms with Crippen molar-refractivity contribution in [1.82, 2.24) is 4.98 Å². The average molecular weight is 243 g/mol. The highest BCUT2D eigenvalue weighted by atomic mass is 16.5. The summed E-state index contributed by atoms with van der Waals surface area (Å²) in [5, 5.41) is 1.22. The van der Waals surface area contributed by atoms with E-state index in [0.29, 0.717) is 0 Å². The molecule has 94 valence electrons. The number of esters is 1. The predicted octanol–water partition coefficient (Wildman–Crippen LogP) is 2.97. The molecule has 0 bridgehead atoms. The van der Waals surface area contributed by atoms with Gasteiger partial charge in [0.15, 0.2) is 0 Å². The number of aromatic nitrogens is 1. The van der Waals surface area contributed by atoms with E-state index in [2.05, 4.69) is 24.0 Å². The van der Waals surface area contributed by atoms with Crippen LogP contribution in [0.2, 0.25) is 0 Å². The van der Waals surface area contributed by atoms with Gasteiger partial charge in [0.25, 0.3) is 0 Å². The Morgan fingerprint density at radius 1 is 1.39 bits per heavy atom. The lowest BCUT2D eigenvalue weighted by molar-refractivity contribution is -0.143. The molecule has 18 heavy (non-hydrogen) atoms. The number of ether oxygens (including phenoxy) is 1. The molecule has 2 unspecified atom stereocenters. The third kappa shape index (κ3) is 1.80. The first-order chi connectivity index (χ1) is 8.65. The highest BCUT2D eigenvalue weighted by Crippen LogP contribution is 2.29. The highest BCUT2D eigenvalue weighted by molar-refractivity contribution is 5.85. The number of aromatic amines is 1. The van der Waals surface area contributed by atoms with E-state index in [1.54, 1.807) is 0 Å². The monoisotopic (exact) mass is 243 g/mol. The maximum absolute atomic E-state index is 11.7. The second-order valence-electron chi connectivity index (χ2n) is 5.16. The Bertz CT molecular complexity index is 600. The first kappa shape index (κ1) is 11.3. The standard InChI is InChI=1S/C15H17NO2/c1-9-7-11(15(17)18-9)8-13-10(2)16-14-6-4-3-5-12(13)14/h3-6,9,11,16H,7-8H2,1-2H3. The zero-order chi connectivity index (χ0) is 12.7. The van der Waals surface area contributed by atoms with Gasteiger partial charge < -0.3 is 9.72 Å². The Balaban J connectivity index is 1.95. The number of hydrogen-bond acceptors (Lipinski definition) is 2. The van der Waals surface area contributed by atoms with Gasteiger partial charge in [-0.3, -0.25) is 4.79 Å². The van der Waals surface area contributed by atoms with E-state index in [-0.39, 0.29) is 18.0 Å². The Morgan fingerprint density at radius 3 is 2.89 bits per heavy atom. The molecular weight excluding hydrogens is 226 g/mol. The Hall–Kier alpha value is -1.77. The van der Waals surface area contributed by atoms with Crippen LogP contribution in [-0.4, -0.2) is 17.1 Å². The Labute approximate surface area is 106 Å². The summed E-state index contributed by atoms with van der Waals surface area (Å²) in [5.74, 6) is -0.0370. The SMILES string of the molecule is Cc1[nH]c2ccccc2c1CC1CC(C)OC1=O. The summed E-state index contributed by atoms with van der Waals surface area (Å²) < 4.78 is 5.23. The van der Waals surface area contributed by atoms with Crippen LogP contribution in [0.5, 0.6) is 0 Å². The van der Waals surface area contributed by atoms with Gasteiger partial charge >= 0.3 is 5.97 Å². The molecule has 1 aliphatic heterocycles. The fraction of sp³-hybridized carbons (Fsp3) is 0.400. The molecule has 1 saturated heterocycles. The molecule has 0 amide bonds. The minimum absolute atomic E-state index is 0.0120. The minimum Gasteiger partial charge on any atom is -0.462 e. The van der Waals surface area contributed by atoms with Gasteiger partial charge in [0, 0.05) is 16.6 Å². The zero-order valence-corrected chi connectivity index (χ0v) is 10.7. The molecule has 1 aliphatic rings. The third-order valence-corrected chi connectivity index (χ3v) is 3.74. The summed E-state index contributed by atoms with van der Waals surface area (Å²) >= 11 is 0. The van der Waals surface area contributed by atoms with Crippen LogP contribution in [0.4, 0.5) is 0 Å². The van der Waals surface area contributed by atoms with E-state index >= 15 is 0 Å². The van der Waals surface area contributed by atoms with E-state index < -0.39 is 0 Å². The second-order valence-corrected chi connectivity index (χ2v) is 5.16. The van der Waals surface area contributed by atoms with Gasteiger partial charge in [-0.25, -0.2) is 0 Å². The van der Waals surface area contributed by atoms with Crippen molar-refractivity contribution in [2.75, 3.05) is 0 Å². The third-order valence-electron chi connectivity index (χ3n) is 3.74. The molecule has 2 heterocycles. The fourth-order valence-electron chi connectivity index (χ4n) is 2.85. The Kier molecular flexibility index (Phi) is 2.62. The van der Waals surface area contributed by atoms with Crippen LogP contribution in [0.25, 0.3) is 10.9 Å². The smallest absolute Gasteiger partial charge is 0.309 e. The number of benzene rings is 1. The number of rotatable bonds is 2. The normalized spacial score (nSPS) is 23.6. The van der Waals surface area contributed by atoms with Crippen molar-refractivity contribution in [1.29, 1.82) is 0 Å². The molecule has 3 rings (SSSR count). The zero-order valence-electron chi connectivity index (χ0n) is 10.7. The summed E-state index contributed by atoms with van der Waals surface area (Å²) in [6.45, 7) is 4.03. The lowest BCUT2D eigenvalue weighted by Crippen LogP contribution is -2.11. The van der Waals surface area contributed by atoms with E-state index in [0.717, 1.165) is 24.1 Å². The van der Waals surface area contributed by atoms with Gasteiger partial charge in [-0.2, -0.15) is 0 Å². The number of cyclic esters (lactones) is 1. The van der Waals surface area contributed by atoms with Gasteiger partial charge in [-0.1, -0.05) is 18.2 Å². The second kappa shape index (κ2) is 4.16. The predicted molar refractivity (Wildman–Crippen MR) is 70.4 cm³/mol. The summed E-state index contributed by atoms with van der Waals surface area (Å²) in [6, 6.07) is 8.24. The molecular formula is C15H17NO2. The van der Waals surface area contributed by atoms with Crippen molar-refractivity contribution in [3.63, 3.8) is 0 Å². The van der Waals surface area contributed by atoms with Crippen LogP contribution in [0.15, 0.2) is 24.3 Å². The lowest BCUT2D eigenvalue weighted by Gasteiger charge is -2.05. The number of nitrogens with one attached hydrogen (secondary N) is 1. The van der Waals surface area contributed by atoms with Gasteiger partial charge in [-0.15, -0.1) is 0 Å². The molecule has 2 atom stereocenters. The van der Waals surface area contributed by atoms with Crippen LogP contribution in [0.1, 0.15) is 24.6 Å². The molecule has 0 spiro atoms. The molecule has 1 aromatic heterocycles. The summed E-state index contributed by atoms with van der Waals surface area (Å²) in [7, 11) is 0. The van der Waals surface area contributed by atoms with Gasteiger partial charge in [0.05, 0.1) is 12.0 Å². The maximum atomic E-state index is 11.7. The summed E-state index contributed by atoms with van der Waals surface area (Å²) in [4.78, 5) is 15.1. The first-order valence-corrected chi connectivity index (χ1v) is 6.42. The van der Waals surface area contributed by atoms with Gasteiger partial charge in [0.1, 0.15) is 0 Å². The number of carbonyl (C=O) groups excluding carboxylic acids is 1. The first-order valence-electron chi connectivity index (χ1n) is 6.42. The number of para-hydroxylation sites is 1. The summed E-state index contributed by atoms with van der Waals surface area (Å²) in [5.41, 5.74) is 3.55. The van der Waals surface area contributed by atoms with E-state index in [1.807, 2.05) is 19.1 Å². The van der Waals surface area contributed by atoms with Crippen LogP contribution < -0.4 is 0 Å². The van der Waals surface area contributed by atoms with Crippen molar-refractivity contribution in [3.8, 4) is 0 Å². The van der Waals surface area contributed by atoms with Gasteiger partial charge in [-0.05, 0) is 38.3 Å². The van der Waals surface area contributed by atoms with E-state index in [1.165, 1.54) is 10.9 Å². The molecule has 2 aromatic rings. The molecule has 3 heteroatoms. The quantitative estimate of drug-likeness (QED) is 0.824. The van der Waals surface area contributed by atoms with Crippen molar-refractivity contribution in [3.05, 3.63) is 35.5 Å². The average Bonchev–Trinajstić information content (AvgIpc) is 2.81. The van der Waals surface area contributed by atoms with Crippen molar-refractivity contribution >= 4 is 16.9 Å². The number of H-pyrrole nitrogens is 1. The van der Waals surface area contributed by atoms with Crippen LogP contribution in [0.3, 0.4) is 0 Å². The number of carbonyl (C=O) groups is 1. The van der Waals surface area contributed by atoms with Gasteiger partial charge in [0.2, 0.25) is 0 Å². The van der Waals surface area contributed by atoms with E-state index in [9.17, 15) is 4.79 Å². The van der Waals surface area contributed by atoms with Crippen molar-refractivity contribution < 1.29 is 9.53 Å². The summed E-state index contributed by atoms with van der Waals surface area (Å²) in [6.07, 6.45) is 1.67. The largest absolute Gasteiger partial charge is 0.462 e. The fourth-order valence-corrected chi connectivity index (χ4v) is 2.85. The van der Waals surface area contributed by atoms with Crippen LogP contribution in [-0.2, 0) is 16.0 Å². The lowest BCUT2D eigenvalue weighted by atomic mass is 9.95. The number of hydrogen-bond donors (Lipinski definition) is 1. The van der Waals surface area contributed by atoms with Crippen LogP contribution >= 0.6 is 0 Å². The van der Waals surface area contributed by atoms with Crippen LogP contribution in [0, 0.1) is 12.8 Å². The molecule has 3 nitrogen and oxygen atoms in total.